The van der Waals surface area contributed by atoms with Crippen molar-refractivity contribution in [1.29, 1.82) is 5.26 Å². The maximum Gasteiger partial charge on any atom is 0.225 e. The Bertz CT molecular complexity index is 420. The third-order valence-electron chi connectivity index (χ3n) is 2.92. The smallest absolute Gasteiger partial charge is 0.225 e. The molecule has 0 spiro atoms. The Morgan fingerprint density at radius 2 is 2.00 bits per heavy atom. The van der Waals surface area contributed by atoms with Crippen LogP contribution in [0, 0.1) is 11.3 Å². The molecule has 0 bridgehead atoms. The first kappa shape index (κ1) is 15.2. The summed E-state index contributed by atoms with van der Waals surface area (Å²) < 4.78 is 0. The van der Waals surface area contributed by atoms with E-state index in [9.17, 15) is 4.79 Å². The second kappa shape index (κ2) is 9.09. The monoisotopic (exact) mass is 259 g/mol. The number of hydrogen-bond acceptors (Lipinski definition) is 3. The number of rotatable bonds is 8. The second-order valence-corrected chi connectivity index (χ2v) is 4.61. The van der Waals surface area contributed by atoms with Crippen LogP contribution in [-0.4, -0.2) is 10.9 Å². The van der Waals surface area contributed by atoms with Crippen LogP contribution in [0.2, 0.25) is 0 Å². The van der Waals surface area contributed by atoms with Crippen LogP contribution in [0.15, 0.2) is 18.3 Å². The van der Waals surface area contributed by atoms with E-state index >= 15 is 0 Å². The van der Waals surface area contributed by atoms with Crippen molar-refractivity contribution < 1.29 is 4.79 Å². The van der Waals surface area contributed by atoms with E-state index in [2.05, 4.69) is 17.2 Å². The molecule has 1 amide bonds. The molecule has 19 heavy (non-hydrogen) atoms. The molecule has 1 aromatic rings. The Morgan fingerprint density at radius 3 is 2.63 bits per heavy atom. The summed E-state index contributed by atoms with van der Waals surface area (Å²) in [6, 6.07) is 5.29. The van der Waals surface area contributed by atoms with Gasteiger partial charge in [-0.15, -0.1) is 0 Å². The van der Waals surface area contributed by atoms with Gasteiger partial charge in [0.25, 0.3) is 0 Å². The van der Waals surface area contributed by atoms with E-state index in [4.69, 9.17) is 5.26 Å². The maximum absolute atomic E-state index is 11.6. The highest BCUT2D eigenvalue weighted by Gasteiger charge is 2.03. The highest BCUT2D eigenvalue weighted by Crippen LogP contribution is 2.09. The first-order valence-corrected chi connectivity index (χ1v) is 6.92. The zero-order chi connectivity index (χ0) is 13.9. The van der Waals surface area contributed by atoms with Crippen LogP contribution >= 0.6 is 0 Å². The van der Waals surface area contributed by atoms with Gasteiger partial charge in [-0.25, -0.2) is 4.98 Å². The average molecular weight is 259 g/mol. The average Bonchev–Trinajstić information content (AvgIpc) is 2.43. The number of amides is 1. The third-order valence-corrected chi connectivity index (χ3v) is 2.92. The van der Waals surface area contributed by atoms with E-state index < -0.39 is 0 Å². The fourth-order valence-electron chi connectivity index (χ4n) is 1.81. The number of nitrogens with zero attached hydrogens (tertiary/aromatic N) is 2. The highest BCUT2D eigenvalue weighted by atomic mass is 16.1. The number of aromatic nitrogens is 1. The van der Waals surface area contributed by atoms with Gasteiger partial charge in [0.1, 0.15) is 11.9 Å². The van der Waals surface area contributed by atoms with E-state index in [1.807, 2.05) is 6.07 Å². The van der Waals surface area contributed by atoms with Crippen LogP contribution in [0.4, 0.5) is 5.82 Å². The zero-order valence-electron chi connectivity index (χ0n) is 11.5. The van der Waals surface area contributed by atoms with E-state index in [0.29, 0.717) is 17.8 Å². The minimum absolute atomic E-state index is 0.00676. The Kier molecular flexibility index (Phi) is 7.26. The molecule has 0 aliphatic rings. The van der Waals surface area contributed by atoms with Gasteiger partial charge < -0.3 is 5.32 Å². The molecule has 1 aromatic heterocycles. The lowest BCUT2D eigenvalue weighted by Crippen LogP contribution is -2.12. The Hall–Kier alpha value is -1.89. The zero-order valence-corrected chi connectivity index (χ0v) is 11.5. The fourth-order valence-corrected chi connectivity index (χ4v) is 1.81. The largest absolute Gasteiger partial charge is 0.311 e. The molecule has 0 saturated carbocycles. The summed E-state index contributed by atoms with van der Waals surface area (Å²) in [7, 11) is 0. The van der Waals surface area contributed by atoms with Gasteiger partial charge in [0, 0.05) is 12.6 Å². The molecule has 1 N–H and O–H groups in total. The minimum atomic E-state index is -0.00676. The lowest BCUT2D eigenvalue weighted by atomic mass is 10.1. The van der Waals surface area contributed by atoms with E-state index in [1.165, 1.54) is 31.9 Å². The molecule has 0 radical (unpaired) electrons. The summed E-state index contributed by atoms with van der Waals surface area (Å²) in [5, 5.41) is 11.4. The van der Waals surface area contributed by atoms with Crippen molar-refractivity contribution in [2.24, 2.45) is 0 Å². The molecule has 1 rings (SSSR count). The van der Waals surface area contributed by atoms with Crippen molar-refractivity contribution in [1.82, 2.24) is 4.98 Å². The number of carbonyl (C=O) groups excluding carboxylic acids is 1. The molecular weight excluding hydrogens is 238 g/mol. The van der Waals surface area contributed by atoms with Gasteiger partial charge in [0.2, 0.25) is 5.91 Å². The number of hydrogen-bond donors (Lipinski definition) is 1. The van der Waals surface area contributed by atoms with Crippen molar-refractivity contribution in [2.45, 2.75) is 51.9 Å². The number of carbonyl (C=O) groups is 1. The summed E-state index contributed by atoms with van der Waals surface area (Å²) in [5.74, 6) is 0.502. The number of unbranched alkanes of at least 4 members (excludes halogenated alkanes) is 5. The molecule has 102 valence electrons. The molecule has 0 unspecified atom stereocenters. The topological polar surface area (TPSA) is 65.8 Å². The van der Waals surface area contributed by atoms with E-state index in [-0.39, 0.29) is 5.91 Å². The summed E-state index contributed by atoms with van der Waals surface area (Å²) >= 11 is 0. The molecule has 0 saturated heterocycles. The normalized spacial score (nSPS) is 9.89. The predicted octanol–water partition coefficient (Wildman–Crippen LogP) is 3.64. The quantitative estimate of drug-likeness (QED) is 0.725. The highest BCUT2D eigenvalue weighted by molar-refractivity contribution is 5.89. The van der Waals surface area contributed by atoms with Crippen molar-refractivity contribution in [3.63, 3.8) is 0 Å². The standard InChI is InChI=1S/C15H21N3O/c1-2-3-4-5-6-7-8-15(19)18-14-10-9-13(11-16)12-17-14/h9-10,12H,2-8H2,1H3,(H,17,18,19). The Morgan fingerprint density at radius 1 is 1.26 bits per heavy atom. The first-order valence-electron chi connectivity index (χ1n) is 6.92. The fraction of sp³-hybridized carbons (Fsp3) is 0.533. The van der Waals surface area contributed by atoms with Gasteiger partial charge in [-0.1, -0.05) is 39.0 Å². The van der Waals surface area contributed by atoms with Crippen molar-refractivity contribution in [3.05, 3.63) is 23.9 Å². The Balaban J connectivity index is 2.18. The van der Waals surface area contributed by atoms with E-state index in [0.717, 1.165) is 12.8 Å². The number of nitrogens with one attached hydrogen (secondary N) is 1. The molecule has 0 atom stereocenters. The van der Waals surface area contributed by atoms with E-state index in [1.54, 1.807) is 12.1 Å². The van der Waals surface area contributed by atoms with Crippen molar-refractivity contribution in [3.8, 4) is 6.07 Å². The maximum atomic E-state index is 11.6. The van der Waals surface area contributed by atoms with Gasteiger partial charge >= 0.3 is 0 Å². The van der Waals surface area contributed by atoms with Crippen LogP contribution in [0.25, 0.3) is 0 Å². The SMILES string of the molecule is CCCCCCCCC(=O)Nc1ccc(C#N)cn1. The summed E-state index contributed by atoms with van der Waals surface area (Å²) in [6.07, 6.45) is 9.01. The van der Waals surface area contributed by atoms with Gasteiger partial charge in [0.05, 0.1) is 5.56 Å². The van der Waals surface area contributed by atoms with Crippen molar-refractivity contribution in [2.75, 3.05) is 5.32 Å². The molecule has 4 nitrogen and oxygen atoms in total. The second-order valence-electron chi connectivity index (χ2n) is 4.61. The van der Waals surface area contributed by atoms with Crippen molar-refractivity contribution >= 4 is 11.7 Å². The van der Waals surface area contributed by atoms with Crippen LogP contribution in [0.1, 0.15) is 57.4 Å². The van der Waals surface area contributed by atoms with Crippen LogP contribution in [0.3, 0.4) is 0 Å². The molecule has 0 aliphatic heterocycles. The summed E-state index contributed by atoms with van der Waals surface area (Å²) in [5.41, 5.74) is 0.494. The molecule has 4 heteroatoms. The number of anilines is 1. The van der Waals surface area contributed by atoms with Crippen LogP contribution in [-0.2, 0) is 4.79 Å². The number of pyridine rings is 1. The van der Waals surface area contributed by atoms with Crippen LogP contribution < -0.4 is 5.32 Å². The molecular formula is C15H21N3O. The Labute approximate surface area is 114 Å². The van der Waals surface area contributed by atoms with Crippen LogP contribution in [0.5, 0.6) is 0 Å². The number of nitriles is 1. The first-order chi connectivity index (χ1) is 9.26. The molecule has 1 heterocycles. The summed E-state index contributed by atoms with van der Waals surface area (Å²) in [4.78, 5) is 15.6. The third kappa shape index (κ3) is 6.56. The lowest BCUT2D eigenvalue weighted by molar-refractivity contribution is -0.116. The molecule has 0 aromatic carbocycles. The lowest BCUT2D eigenvalue weighted by Gasteiger charge is -2.04. The summed E-state index contributed by atoms with van der Waals surface area (Å²) in [6.45, 7) is 2.19. The molecule has 0 fully saturated rings. The van der Waals surface area contributed by atoms with Gasteiger partial charge in [0.15, 0.2) is 0 Å². The van der Waals surface area contributed by atoms with Gasteiger partial charge in [-0.2, -0.15) is 5.26 Å². The molecule has 0 aliphatic carbocycles. The predicted molar refractivity (Wildman–Crippen MR) is 75.6 cm³/mol. The van der Waals surface area contributed by atoms with Gasteiger partial charge in [-0.3, -0.25) is 4.79 Å². The van der Waals surface area contributed by atoms with Gasteiger partial charge in [-0.05, 0) is 18.6 Å². The minimum Gasteiger partial charge on any atom is -0.311 e.